The third-order valence-corrected chi connectivity index (χ3v) is 5.67. The summed E-state index contributed by atoms with van der Waals surface area (Å²) in [6.45, 7) is 2.85. The third kappa shape index (κ3) is 2.62. The van der Waals surface area contributed by atoms with Gasteiger partial charge in [0.25, 0.3) is 0 Å². The summed E-state index contributed by atoms with van der Waals surface area (Å²) in [6.07, 6.45) is 3.37. The first-order valence-electron chi connectivity index (χ1n) is 7.13. The van der Waals surface area contributed by atoms with Gasteiger partial charge in [-0.1, -0.05) is 0 Å². The number of nitrogens with zero attached hydrogens (tertiary/aromatic N) is 2. The predicted octanol–water partition coefficient (Wildman–Crippen LogP) is 2.44. The molecule has 1 aromatic heterocycles. The van der Waals surface area contributed by atoms with Crippen LogP contribution in [0, 0.1) is 6.92 Å². The number of hydrogen-bond acceptors (Lipinski definition) is 5. The predicted molar refractivity (Wildman–Crippen MR) is 81.2 cm³/mol. The van der Waals surface area contributed by atoms with Gasteiger partial charge in [0.2, 0.25) is 10.0 Å². The average molecular weight is 322 g/mol. The fraction of sp³-hybridized carbons (Fsp3) is 0.400. The molecule has 118 valence electrons. The molecule has 0 unspecified atom stereocenters. The number of benzene rings is 1. The van der Waals surface area contributed by atoms with Crippen LogP contribution in [0.1, 0.15) is 18.7 Å². The smallest absolute Gasteiger partial charge is 0.246 e. The van der Waals surface area contributed by atoms with Crippen LogP contribution < -0.4 is 4.74 Å². The van der Waals surface area contributed by atoms with E-state index < -0.39 is 10.0 Å². The number of sulfonamides is 1. The molecule has 0 amide bonds. The second-order valence-electron chi connectivity index (χ2n) is 5.22. The standard InChI is InChI=1S/C15H18N2O4S/c1-11-16-10-14(21-11)12-5-6-13(20-2)15(9-12)22(18,19)17-7-3-4-8-17/h5-6,9-10H,3-4,7-8H2,1-2H3. The summed E-state index contributed by atoms with van der Waals surface area (Å²) < 4.78 is 37.8. The topological polar surface area (TPSA) is 72.6 Å². The summed E-state index contributed by atoms with van der Waals surface area (Å²) in [5.41, 5.74) is 0.666. The SMILES string of the molecule is COc1ccc(-c2cnc(C)o2)cc1S(=O)(=O)N1CCCC1. The van der Waals surface area contributed by atoms with E-state index in [9.17, 15) is 8.42 Å². The van der Waals surface area contributed by atoms with Crippen molar-refractivity contribution >= 4 is 10.0 Å². The number of methoxy groups -OCH3 is 1. The molecule has 22 heavy (non-hydrogen) atoms. The van der Waals surface area contributed by atoms with E-state index in [0.717, 1.165) is 12.8 Å². The molecule has 1 saturated heterocycles. The monoisotopic (exact) mass is 322 g/mol. The van der Waals surface area contributed by atoms with Crippen LogP contribution in [0.5, 0.6) is 5.75 Å². The Kier molecular flexibility index (Phi) is 3.92. The van der Waals surface area contributed by atoms with Crippen molar-refractivity contribution in [3.63, 3.8) is 0 Å². The zero-order valence-electron chi connectivity index (χ0n) is 12.6. The van der Waals surface area contributed by atoms with Crippen molar-refractivity contribution in [2.75, 3.05) is 20.2 Å². The zero-order chi connectivity index (χ0) is 15.7. The second kappa shape index (κ2) is 5.73. The maximum Gasteiger partial charge on any atom is 0.246 e. The minimum absolute atomic E-state index is 0.170. The highest BCUT2D eigenvalue weighted by Crippen LogP contribution is 2.33. The van der Waals surface area contributed by atoms with E-state index in [2.05, 4.69) is 4.98 Å². The van der Waals surface area contributed by atoms with Crippen molar-refractivity contribution in [3.05, 3.63) is 30.3 Å². The minimum Gasteiger partial charge on any atom is -0.495 e. The first kappa shape index (κ1) is 15.1. The Morgan fingerprint density at radius 2 is 2.00 bits per heavy atom. The molecular formula is C15H18N2O4S. The number of aromatic nitrogens is 1. The van der Waals surface area contributed by atoms with Gasteiger partial charge in [-0.15, -0.1) is 0 Å². The number of aryl methyl sites for hydroxylation is 1. The molecule has 7 heteroatoms. The molecule has 0 bridgehead atoms. The normalized spacial score (nSPS) is 16.1. The molecule has 3 rings (SSSR count). The van der Waals surface area contributed by atoms with Gasteiger partial charge in [0.1, 0.15) is 10.6 Å². The zero-order valence-corrected chi connectivity index (χ0v) is 13.4. The maximum atomic E-state index is 12.8. The molecule has 2 heterocycles. The van der Waals surface area contributed by atoms with Crippen molar-refractivity contribution in [1.29, 1.82) is 0 Å². The summed E-state index contributed by atoms with van der Waals surface area (Å²) in [7, 11) is -2.09. The van der Waals surface area contributed by atoms with Crippen LogP contribution in [-0.4, -0.2) is 37.9 Å². The largest absolute Gasteiger partial charge is 0.495 e. The minimum atomic E-state index is -3.56. The Bertz CT molecular complexity index is 777. The average Bonchev–Trinajstić information content (AvgIpc) is 3.18. The van der Waals surface area contributed by atoms with E-state index in [1.54, 1.807) is 31.3 Å². The Hall–Kier alpha value is -1.86. The fourth-order valence-electron chi connectivity index (χ4n) is 2.59. The van der Waals surface area contributed by atoms with Gasteiger partial charge < -0.3 is 9.15 Å². The van der Waals surface area contributed by atoms with Crippen LogP contribution in [0.2, 0.25) is 0 Å². The van der Waals surface area contributed by atoms with Crippen LogP contribution in [0.25, 0.3) is 11.3 Å². The Morgan fingerprint density at radius 1 is 1.27 bits per heavy atom. The summed E-state index contributed by atoms with van der Waals surface area (Å²) >= 11 is 0. The van der Waals surface area contributed by atoms with Crippen LogP contribution in [0.15, 0.2) is 33.7 Å². The lowest BCUT2D eigenvalue weighted by atomic mass is 10.2. The van der Waals surface area contributed by atoms with Crippen LogP contribution >= 0.6 is 0 Å². The van der Waals surface area contributed by atoms with Crippen molar-refractivity contribution < 1.29 is 17.6 Å². The van der Waals surface area contributed by atoms with Gasteiger partial charge >= 0.3 is 0 Å². The van der Waals surface area contributed by atoms with Crippen molar-refractivity contribution in [2.24, 2.45) is 0 Å². The Labute approximate surface area is 129 Å². The molecule has 0 spiro atoms. The van der Waals surface area contributed by atoms with Crippen molar-refractivity contribution in [2.45, 2.75) is 24.7 Å². The third-order valence-electron chi connectivity index (χ3n) is 3.75. The number of rotatable bonds is 4. The molecule has 0 aliphatic carbocycles. The van der Waals surface area contributed by atoms with E-state index >= 15 is 0 Å². The van der Waals surface area contributed by atoms with E-state index in [1.165, 1.54) is 11.4 Å². The fourth-order valence-corrected chi connectivity index (χ4v) is 4.29. The number of oxazole rings is 1. The lowest BCUT2D eigenvalue weighted by molar-refractivity contribution is 0.398. The van der Waals surface area contributed by atoms with Crippen molar-refractivity contribution in [1.82, 2.24) is 9.29 Å². The highest BCUT2D eigenvalue weighted by molar-refractivity contribution is 7.89. The second-order valence-corrected chi connectivity index (χ2v) is 7.13. The van der Waals surface area contributed by atoms with Gasteiger partial charge in [0.15, 0.2) is 11.7 Å². The summed E-state index contributed by atoms with van der Waals surface area (Å²) in [4.78, 5) is 4.22. The summed E-state index contributed by atoms with van der Waals surface area (Å²) in [6, 6.07) is 5.00. The highest BCUT2D eigenvalue weighted by atomic mass is 32.2. The molecule has 2 aromatic rings. The molecule has 0 saturated carbocycles. The van der Waals surface area contributed by atoms with Gasteiger partial charge in [0, 0.05) is 25.6 Å². The van der Waals surface area contributed by atoms with Gasteiger partial charge in [0.05, 0.1) is 13.3 Å². The van der Waals surface area contributed by atoms with Crippen LogP contribution in [-0.2, 0) is 10.0 Å². The molecule has 1 fully saturated rings. The van der Waals surface area contributed by atoms with E-state index in [-0.39, 0.29) is 4.90 Å². The van der Waals surface area contributed by atoms with Crippen LogP contribution in [0.3, 0.4) is 0 Å². The number of ether oxygens (including phenoxy) is 1. The van der Waals surface area contributed by atoms with Crippen LogP contribution in [0.4, 0.5) is 0 Å². The molecule has 1 aromatic carbocycles. The molecule has 0 N–H and O–H groups in total. The van der Waals surface area contributed by atoms with Crippen molar-refractivity contribution in [3.8, 4) is 17.1 Å². The maximum absolute atomic E-state index is 12.8. The molecule has 6 nitrogen and oxygen atoms in total. The molecule has 0 atom stereocenters. The van der Waals surface area contributed by atoms with Gasteiger partial charge in [-0.2, -0.15) is 4.31 Å². The van der Waals surface area contributed by atoms with E-state index in [4.69, 9.17) is 9.15 Å². The highest BCUT2D eigenvalue weighted by Gasteiger charge is 2.30. The summed E-state index contributed by atoms with van der Waals surface area (Å²) in [5.74, 6) is 1.42. The van der Waals surface area contributed by atoms with Gasteiger partial charge in [-0.25, -0.2) is 13.4 Å². The first-order valence-corrected chi connectivity index (χ1v) is 8.57. The first-order chi connectivity index (χ1) is 10.5. The molecular weight excluding hydrogens is 304 g/mol. The molecule has 1 aliphatic rings. The van der Waals surface area contributed by atoms with Gasteiger partial charge in [-0.05, 0) is 31.0 Å². The van der Waals surface area contributed by atoms with E-state index in [1.807, 2.05) is 0 Å². The number of hydrogen-bond donors (Lipinski definition) is 0. The molecule has 1 aliphatic heterocycles. The lowest BCUT2D eigenvalue weighted by Gasteiger charge is -2.18. The quantitative estimate of drug-likeness (QED) is 0.864. The van der Waals surface area contributed by atoms with Gasteiger partial charge in [-0.3, -0.25) is 0 Å². The molecule has 0 radical (unpaired) electrons. The summed E-state index contributed by atoms with van der Waals surface area (Å²) in [5, 5.41) is 0. The Morgan fingerprint density at radius 3 is 2.59 bits per heavy atom. The lowest BCUT2D eigenvalue weighted by Crippen LogP contribution is -2.28. The van der Waals surface area contributed by atoms with E-state index in [0.29, 0.717) is 36.1 Å². The Balaban J connectivity index is 2.08.